The smallest absolute Gasteiger partial charge is 0.337 e. The van der Waals surface area contributed by atoms with E-state index >= 15 is 0 Å². The normalized spacial score (nSPS) is 15.8. The van der Waals surface area contributed by atoms with Crippen LogP contribution in [0.15, 0.2) is 53.6 Å². The number of aromatic carboxylic acids is 1. The average molecular weight is 410 g/mol. The van der Waals surface area contributed by atoms with Crippen LogP contribution in [0.3, 0.4) is 0 Å². The first-order valence-corrected chi connectivity index (χ1v) is 11.4. The fourth-order valence-corrected chi connectivity index (χ4v) is 4.49. The van der Waals surface area contributed by atoms with Gasteiger partial charge in [-0.1, -0.05) is 31.1 Å². The van der Waals surface area contributed by atoms with Gasteiger partial charge in [0.05, 0.1) is 10.5 Å². The van der Waals surface area contributed by atoms with Crippen molar-refractivity contribution in [1.29, 1.82) is 0 Å². The number of aromatic nitrogens is 2. The second kappa shape index (κ2) is 7.48. The van der Waals surface area contributed by atoms with Crippen molar-refractivity contribution in [3.8, 4) is 0 Å². The molecule has 0 aliphatic heterocycles. The molecule has 2 heterocycles. The van der Waals surface area contributed by atoms with Crippen LogP contribution in [0.2, 0.25) is 0 Å². The lowest BCUT2D eigenvalue weighted by Crippen LogP contribution is -1.98. The van der Waals surface area contributed by atoms with E-state index in [4.69, 9.17) is 0 Å². The van der Waals surface area contributed by atoms with E-state index in [-0.39, 0.29) is 10.5 Å². The number of benzene rings is 1. The number of sulfone groups is 1. The highest BCUT2D eigenvalue weighted by Gasteiger charge is 2.18. The zero-order valence-corrected chi connectivity index (χ0v) is 16.9. The number of hydrogen-bond donors (Lipinski definition) is 2. The maximum atomic E-state index is 11.8. The second-order valence-corrected chi connectivity index (χ2v) is 9.59. The van der Waals surface area contributed by atoms with Crippen molar-refractivity contribution in [1.82, 2.24) is 9.97 Å². The van der Waals surface area contributed by atoms with Crippen LogP contribution in [0.25, 0.3) is 16.6 Å². The van der Waals surface area contributed by atoms with Crippen LogP contribution in [0.1, 0.15) is 47.3 Å². The monoisotopic (exact) mass is 410 g/mol. The highest BCUT2D eigenvalue weighted by Crippen LogP contribution is 2.33. The van der Waals surface area contributed by atoms with Crippen LogP contribution in [0, 0.1) is 5.92 Å². The maximum absolute atomic E-state index is 11.8. The summed E-state index contributed by atoms with van der Waals surface area (Å²) in [5.41, 5.74) is 3.49. The Morgan fingerprint density at radius 1 is 1.14 bits per heavy atom. The van der Waals surface area contributed by atoms with Crippen molar-refractivity contribution in [2.75, 3.05) is 6.26 Å². The first-order valence-electron chi connectivity index (χ1n) is 9.56. The number of nitrogens with zero attached hydrogens (tertiary/aromatic N) is 1. The molecular formula is C22H22N2O4S. The van der Waals surface area contributed by atoms with Gasteiger partial charge in [0.1, 0.15) is 5.65 Å². The second-order valence-electron chi connectivity index (χ2n) is 7.57. The van der Waals surface area contributed by atoms with Crippen molar-refractivity contribution in [2.45, 2.75) is 30.6 Å². The summed E-state index contributed by atoms with van der Waals surface area (Å²) in [4.78, 5) is 19.0. The number of allylic oxidation sites excluding steroid dienone is 1. The Labute approximate surface area is 169 Å². The molecule has 0 unspecified atom stereocenters. The van der Waals surface area contributed by atoms with Crippen molar-refractivity contribution in [3.63, 3.8) is 0 Å². The molecule has 2 aromatic heterocycles. The first kappa shape index (κ1) is 19.4. The number of carboxylic acid groups (broad SMARTS) is 1. The van der Waals surface area contributed by atoms with E-state index in [0.29, 0.717) is 11.6 Å². The van der Waals surface area contributed by atoms with Crippen LogP contribution in [0.5, 0.6) is 0 Å². The number of pyridine rings is 1. The molecule has 2 N–H and O–H groups in total. The Bertz CT molecular complexity index is 1200. The summed E-state index contributed by atoms with van der Waals surface area (Å²) in [5, 5.41) is 9.94. The summed E-state index contributed by atoms with van der Waals surface area (Å²) in [7, 11) is -3.26. The predicted molar refractivity (Wildman–Crippen MR) is 112 cm³/mol. The van der Waals surface area contributed by atoms with Crippen molar-refractivity contribution in [3.05, 3.63) is 65.5 Å². The van der Waals surface area contributed by atoms with E-state index in [1.807, 2.05) is 18.2 Å². The van der Waals surface area contributed by atoms with Crippen LogP contribution >= 0.6 is 0 Å². The molecular weight excluding hydrogens is 388 g/mol. The van der Waals surface area contributed by atoms with E-state index in [1.165, 1.54) is 25.3 Å². The van der Waals surface area contributed by atoms with Crippen LogP contribution in [0.4, 0.5) is 0 Å². The molecule has 1 aliphatic rings. The van der Waals surface area contributed by atoms with Crippen LogP contribution in [-0.2, 0) is 9.84 Å². The molecule has 1 saturated carbocycles. The zero-order chi connectivity index (χ0) is 20.6. The third-order valence-electron chi connectivity index (χ3n) is 5.40. The quantitative estimate of drug-likeness (QED) is 0.654. The van der Waals surface area contributed by atoms with Gasteiger partial charge in [-0.3, -0.25) is 0 Å². The number of rotatable bonds is 5. The summed E-state index contributed by atoms with van der Waals surface area (Å²) in [6.45, 7) is 0. The molecule has 0 atom stereocenters. The minimum atomic E-state index is -3.26. The fourth-order valence-electron chi connectivity index (χ4n) is 3.86. The van der Waals surface area contributed by atoms with Gasteiger partial charge in [-0.2, -0.15) is 0 Å². The van der Waals surface area contributed by atoms with Gasteiger partial charge in [0.25, 0.3) is 0 Å². The lowest BCUT2D eigenvalue weighted by Gasteiger charge is -2.11. The third-order valence-corrected chi connectivity index (χ3v) is 6.53. The molecule has 1 aromatic carbocycles. The van der Waals surface area contributed by atoms with E-state index in [9.17, 15) is 18.3 Å². The van der Waals surface area contributed by atoms with Crippen molar-refractivity contribution >= 4 is 32.4 Å². The summed E-state index contributed by atoms with van der Waals surface area (Å²) in [5.74, 6) is -0.547. The standard InChI is InChI=1S/C22H22N2O4S/c1-29(27,28)18-8-6-15(7-9-18)19(10-14-4-2-3-5-14)20-12-16-11-17(22(25)26)13-23-21(16)24-20/h6-14H,2-5H2,1H3,(H,23,24)(H,25,26)/b19-10+. The zero-order valence-electron chi connectivity index (χ0n) is 16.1. The molecule has 1 fully saturated rings. The van der Waals surface area contributed by atoms with Gasteiger partial charge in [-0.05, 0) is 48.6 Å². The number of aromatic amines is 1. The number of carboxylic acids is 1. The summed E-state index contributed by atoms with van der Waals surface area (Å²) >= 11 is 0. The number of H-pyrrole nitrogens is 1. The minimum absolute atomic E-state index is 0.141. The molecule has 29 heavy (non-hydrogen) atoms. The minimum Gasteiger partial charge on any atom is -0.478 e. The summed E-state index contributed by atoms with van der Waals surface area (Å²) in [6, 6.07) is 10.4. The Morgan fingerprint density at radius 3 is 2.45 bits per heavy atom. The van der Waals surface area contributed by atoms with Gasteiger partial charge >= 0.3 is 5.97 Å². The highest BCUT2D eigenvalue weighted by molar-refractivity contribution is 7.90. The van der Waals surface area contributed by atoms with Gasteiger partial charge < -0.3 is 10.1 Å². The number of carbonyl (C=O) groups is 1. The van der Waals surface area contributed by atoms with Gasteiger partial charge in [0.2, 0.25) is 0 Å². The van der Waals surface area contributed by atoms with E-state index in [2.05, 4.69) is 16.0 Å². The molecule has 0 spiro atoms. The topological polar surface area (TPSA) is 100 Å². The van der Waals surface area contributed by atoms with Crippen LogP contribution in [-0.4, -0.2) is 35.7 Å². The van der Waals surface area contributed by atoms with Gasteiger partial charge in [0, 0.05) is 29.1 Å². The number of nitrogens with one attached hydrogen (secondary N) is 1. The highest BCUT2D eigenvalue weighted by atomic mass is 32.2. The SMILES string of the molecule is CS(=O)(=O)c1ccc(/C(=C\C2CCCC2)c2cc3cc(C(=O)O)cnc3[nH]2)cc1. The Hall–Kier alpha value is -2.93. The molecule has 0 bridgehead atoms. The van der Waals surface area contributed by atoms with Gasteiger partial charge in [0.15, 0.2) is 9.84 Å². The molecule has 0 radical (unpaired) electrons. The van der Waals surface area contributed by atoms with Crippen LogP contribution < -0.4 is 0 Å². The largest absolute Gasteiger partial charge is 0.478 e. The van der Waals surface area contributed by atoms with Crippen molar-refractivity contribution in [2.24, 2.45) is 5.92 Å². The molecule has 1 aliphatic carbocycles. The maximum Gasteiger partial charge on any atom is 0.337 e. The first-order chi connectivity index (χ1) is 13.8. The molecule has 0 saturated heterocycles. The van der Waals surface area contributed by atoms with E-state index in [1.54, 1.807) is 18.2 Å². The summed E-state index contributed by atoms with van der Waals surface area (Å²) in [6.07, 6.45) is 9.45. The van der Waals surface area contributed by atoms with Crippen molar-refractivity contribution < 1.29 is 18.3 Å². The molecule has 3 aromatic rings. The van der Waals surface area contributed by atoms with E-state index < -0.39 is 15.8 Å². The Balaban J connectivity index is 1.80. The average Bonchev–Trinajstić information content (AvgIpc) is 3.34. The molecule has 150 valence electrons. The third kappa shape index (κ3) is 4.10. The Morgan fingerprint density at radius 2 is 1.83 bits per heavy atom. The number of fused-ring (bicyclic) bond motifs is 1. The molecule has 4 rings (SSSR count). The van der Waals surface area contributed by atoms with Gasteiger partial charge in [-0.15, -0.1) is 0 Å². The lowest BCUT2D eigenvalue weighted by atomic mass is 9.96. The Kier molecular flexibility index (Phi) is 5.00. The summed E-state index contributed by atoms with van der Waals surface area (Å²) < 4.78 is 23.6. The lowest BCUT2D eigenvalue weighted by molar-refractivity contribution is 0.0696. The van der Waals surface area contributed by atoms with E-state index in [0.717, 1.165) is 35.1 Å². The molecule has 0 amide bonds. The molecule has 6 nitrogen and oxygen atoms in total. The predicted octanol–water partition coefficient (Wildman–Crippen LogP) is 4.29. The molecule has 7 heteroatoms. The fraction of sp³-hybridized carbons (Fsp3) is 0.273. The van der Waals surface area contributed by atoms with Gasteiger partial charge in [-0.25, -0.2) is 18.2 Å². The number of hydrogen-bond acceptors (Lipinski definition) is 4.